The van der Waals surface area contributed by atoms with Crippen LogP contribution in [0.15, 0.2) is 6.20 Å². The molecule has 1 aromatic rings. The molecule has 4 nitrogen and oxygen atoms in total. The summed E-state index contributed by atoms with van der Waals surface area (Å²) in [6.07, 6.45) is 3.66. The molecule has 5 heteroatoms. The van der Waals surface area contributed by atoms with Crippen LogP contribution in [0.3, 0.4) is 0 Å². The van der Waals surface area contributed by atoms with Crippen LogP contribution in [0.2, 0.25) is 5.02 Å². The molecular weight excluding hydrogens is 212 g/mol. The van der Waals surface area contributed by atoms with Crippen molar-refractivity contribution in [3.05, 3.63) is 11.2 Å². The zero-order chi connectivity index (χ0) is 11.3. The molecule has 1 aromatic heterocycles. The molecule has 0 aliphatic carbocycles. The van der Waals surface area contributed by atoms with Gasteiger partial charge in [0.05, 0.1) is 6.20 Å². The monoisotopic (exact) mass is 228 g/mol. The van der Waals surface area contributed by atoms with Crippen LogP contribution in [0.4, 0.5) is 11.8 Å². The molecule has 2 N–H and O–H groups in total. The van der Waals surface area contributed by atoms with Crippen molar-refractivity contribution in [3.63, 3.8) is 0 Å². The quantitative estimate of drug-likeness (QED) is 0.841. The van der Waals surface area contributed by atoms with Crippen molar-refractivity contribution in [2.24, 2.45) is 0 Å². The zero-order valence-electron chi connectivity index (χ0n) is 9.20. The summed E-state index contributed by atoms with van der Waals surface area (Å²) >= 11 is 6.04. The summed E-state index contributed by atoms with van der Waals surface area (Å²) in [5, 5.41) is 0.561. The lowest BCUT2D eigenvalue weighted by atomic mass is 10.3. The topological polar surface area (TPSA) is 55.0 Å². The first kappa shape index (κ1) is 12.0. The lowest BCUT2D eigenvalue weighted by Crippen LogP contribution is -2.26. The highest BCUT2D eigenvalue weighted by Crippen LogP contribution is 2.23. The van der Waals surface area contributed by atoms with Gasteiger partial charge in [-0.15, -0.1) is 0 Å². The van der Waals surface area contributed by atoms with Crippen molar-refractivity contribution >= 4 is 23.4 Å². The number of hydrogen-bond acceptors (Lipinski definition) is 4. The third-order valence-electron chi connectivity index (χ3n) is 2.03. The van der Waals surface area contributed by atoms with Gasteiger partial charge < -0.3 is 10.6 Å². The lowest BCUT2D eigenvalue weighted by Gasteiger charge is -2.23. The molecule has 0 bridgehead atoms. The molecule has 1 heterocycles. The molecular formula is C10H17ClN4. The maximum Gasteiger partial charge on any atom is 0.222 e. The van der Waals surface area contributed by atoms with E-state index < -0.39 is 0 Å². The molecule has 0 radical (unpaired) electrons. The van der Waals surface area contributed by atoms with Crippen LogP contribution in [-0.2, 0) is 0 Å². The van der Waals surface area contributed by atoms with E-state index >= 15 is 0 Å². The molecule has 0 spiro atoms. The highest BCUT2D eigenvalue weighted by Gasteiger charge is 2.11. The number of rotatable bonds is 5. The predicted molar refractivity (Wildman–Crippen MR) is 64.2 cm³/mol. The maximum absolute atomic E-state index is 6.04. The molecule has 0 aliphatic rings. The maximum atomic E-state index is 6.04. The fraction of sp³-hybridized carbons (Fsp3) is 0.600. The van der Waals surface area contributed by atoms with Gasteiger partial charge in [-0.1, -0.05) is 25.4 Å². The number of anilines is 2. The molecule has 0 fully saturated rings. The Kier molecular flexibility index (Phi) is 4.62. The number of nitrogens with two attached hydrogens (primary N) is 1. The largest absolute Gasteiger partial charge is 0.368 e. The highest BCUT2D eigenvalue weighted by atomic mass is 35.5. The van der Waals surface area contributed by atoms with Gasteiger partial charge in [0, 0.05) is 13.1 Å². The normalized spacial score (nSPS) is 10.3. The summed E-state index contributed by atoms with van der Waals surface area (Å²) in [5.74, 6) is 1.01. The van der Waals surface area contributed by atoms with Gasteiger partial charge in [-0.3, -0.25) is 0 Å². The molecule has 1 rings (SSSR count). The van der Waals surface area contributed by atoms with Gasteiger partial charge in [-0.05, 0) is 12.8 Å². The van der Waals surface area contributed by atoms with Crippen LogP contribution in [0, 0.1) is 0 Å². The third-order valence-corrected chi connectivity index (χ3v) is 2.30. The Hall–Kier alpha value is -1.03. The second-order valence-electron chi connectivity index (χ2n) is 3.39. The van der Waals surface area contributed by atoms with E-state index in [1.165, 1.54) is 0 Å². The molecule has 15 heavy (non-hydrogen) atoms. The summed E-state index contributed by atoms with van der Waals surface area (Å²) in [7, 11) is 0. The summed E-state index contributed by atoms with van der Waals surface area (Å²) in [4.78, 5) is 10.2. The van der Waals surface area contributed by atoms with E-state index in [-0.39, 0.29) is 5.95 Å². The molecule has 0 saturated carbocycles. The highest BCUT2D eigenvalue weighted by molar-refractivity contribution is 6.32. The van der Waals surface area contributed by atoms with E-state index in [4.69, 9.17) is 17.3 Å². The van der Waals surface area contributed by atoms with Crippen molar-refractivity contribution in [3.8, 4) is 0 Å². The first-order chi connectivity index (χ1) is 7.19. The van der Waals surface area contributed by atoms with Crippen LogP contribution in [0.25, 0.3) is 0 Å². The minimum Gasteiger partial charge on any atom is -0.368 e. The average Bonchev–Trinajstić information content (AvgIpc) is 2.21. The van der Waals surface area contributed by atoms with Gasteiger partial charge in [0.15, 0.2) is 5.82 Å². The Morgan fingerprint density at radius 2 is 1.93 bits per heavy atom. The summed E-state index contributed by atoms with van der Waals surface area (Å²) in [5.41, 5.74) is 5.55. The van der Waals surface area contributed by atoms with Crippen molar-refractivity contribution in [2.45, 2.75) is 26.7 Å². The number of nitrogen functional groups attached to an aromatic ring is 1. The smallest absolute Gasteiger partial charge is 0.222 e. The lowest BCUT2D eigenvalue weighted by molar-refractivity contribution is 0.733. The van der Waals surface area contributed by atoms with Gasteiger partial charge in [-0.2, -0.15) is 4.98 Å². The first-order valence-corrected chi connectivity index (χ1v) is 5.59. The standard InChI is InChI=1S/C10H17ClN4/c1-3-5-15(6-4-2)9-8(11)7-13-10(12)14-9/h7H,3-6H2,1-2H3,(H2,12,13,14). The fourth-order valence-electron chi connectivity index (χ4n) is 1.46. The summed E-state index contributed by atoms with van der Waals surface area (Å²) in [6.45, 7) is 6.12. The first-order valence-electron chi connectivity index (χ1n) is 5.22. The second kappa shape index (κ2) is 5.75. The molecule has 0 unspecified atom stereocenters. The van der Waals surface area contributed by atoms with Gasteiger partial charge in [0.25, 0.3) is 0 Å². The third kappa shape index (κ3) is 3.23. The van der Waals surface area contributed by atoms with E-state index in [0.29, 0.717) is 5.02 Å². The fourth-order valence-corrected chi connectivity index (χ4v) is 1.67. The van der Waals surface area contributed by atoms with Crippen molar-refractivity contribution in [1.29, 1.82) is 0 Å². The van der Waals surface area contributed by atoms with Crippen LogP contribution < -0.4 is 10.6 Å². The van der Waals surface area contributed by atoms with E-state index in [1.807, 2.05) is 0 Å². The van der Waals surface area contributed by atoms with E-state index in [2.05, 4.69) is 28.7 Å². The number of hydrogen-bond donors (Lipinski definition) is 1. The van der Waals surface area contributed by atoms with Gasteiger partial charge >= 0.3 is 0 Å². The Morgan fingerprint density at radius 1 is 1.33 bits per heavy atom. The van der Waals surface area contributed by atoms with Crippen molar-refractivity contribution in [2.75, 3.05) is 23.7 Å². The van der Waals surface area contributed by atoms with E-state index in [9.17, 15) is 0 Å². The van der Waals surface area contributed by atoms with E-state index in [1.54, 1.807) is 6.20 Å². The minimum absolute atomic E-state index is 0.270. The van der Waals surface area contributed by atoms with Gasteiger partial charge in [0.2, 0.25) is 5.95 Å². The molecule has 0 aliphatic heterocycles. The Balaban J connectivity index is 2.93. The summed E-state index contributed by atoms with van der Waals surface area (Å²) < 4.78 is 0. The van der Waals surface area contributed by atoms with Crippen LogP contribution >= 0.6 is 11.6 Å². The number of nitrogens with zero attached hydrogens (tertiary/aromatic N) is 3. The van der Waals surface area contributed by atoms with E-state index in [0.717, 1.165) is 31.7 Å². The zero-order valence-corrected chi connectivity index (χ0v) is 9.96. The van der Waals surface area contributed by atoms with Crippen molar-refractivity contribution in [1.82, 2.24) is 9.97 Å². The number of halogens is 1. The molecule has 0 amide bonds. The molecule has 0 aromatic carbocycles. The minimum atomic E-state index is 0.270. The van der Waals surface area contributed by atoms with Crippen LogP contribution in [0.5, 0.6) is 0 Å². The van der Waals surface area contributed by atoms with Crippen LogP contribution in [0.1, 0.15) is 26.7 Å². The van der Waals surface area contributed by atoms with Gasteiger partial charge in [0.1, 0.15) is 5.02 Å². The second-order valence-corrected chi connectivity index (χ2v) is 3.79. The SMILES string of the molecule is CCCN(CCC)c1nc(N)ncc1Cl. The Bertz CT molecular complexity index is 310. The molecule has 84 valence electrons. The van der Waals surface area contributed by atoms with Crippen molar-refractivity contribution < 1.29 is 0 Å². The molecule has 0 saturated heterocycles. The summed E-state index contributed by atoms with van der Waals surface area (Å²) in [6, 6.07) is 0. The van der Waals surface area contributed by atoms with Gasteiger partial charge in [-0.25, -0.2) is 4.98 Å². The average molecular weight is 229 g/mol. The molecule has 0 atom stereocenters. The number of aromatic nitrogens is 2. The predicted octanol–water partition coefficient (Wildman–Crippen LogP) is 2.34. The Labute approximate surface area is 95.5 Å². The Morgan fingerprint density at radius 3 is 2.47 bits per heavy atom. The van der Waals surface area contributed by atoms with Crippen LogP contribution in [-0.4, -0.2) is 23.1 Å².